The molecule has 262 valence electrons. The maximum absolute atomic E-state index is 14.5. The highest BCUT2D eigenvalue weighted by molar-refractivity contribution is 5.99. The zero-order valence-electron chi connectivity index (χ0n) is 27.9. The summed E-state index contributed by atoms with van der Waals surface area (Å²) in [7, 11) is 0. The molecule has 1 atom stereocenters. The lowest BCUT2D eigenvalue weighted by atomic mass is 9.90. The molecule has 1 saturated carbocycles. The van der Waals surface area contributed by atoms with Gasteiger partial charge in [-0.15, -0.1) is 0 Å². The first-order chi connectivity index (χ1) is 24.8. The van der Waals surface area contributed by atoms with Gasteiger partial charge in [0, 0.05) is 57.1 Å². The van der Waals surface area contributed by atoms with E-state index in [4.69, 9.17) is 0 Å². The van der Waals surface area contributed by atoms with Crippen molar-refractivity contribution in [1.82, 2.24) is 34.8 Å². The summed E-state index contributed by atoms with van der Waals surface area (Å²) in [5, 5.41) is 6.93. The minimum Gasteiger partial charge on any atom is -0.348 e. The molecule has 51 heavy (non-hydrogen) atoms. The van der Waals surface area contributed by atoms with Gasteiger partial charge in [0.25, 0.3) is 11.5 Å². The Kier molecular flexibility index (Phi) is 8.88. The number of pyridine rings is 1. The van der Waals surface area contributed by atoms with Crippen LogP contribution < -0.4 is 26.8 Å². The summed E-state index contributed by atoms with van der Waals surface area (Å²) in [6, 6.07) is 16.3. The van der Waals surface area contributed by atoms with Crippen LogP contribution in [0.15, 0.2) is 99.5 Å². The van der Waals surface area contributed by atoms with Gasteiger partial charge >= 0.3 is 5.69 Å². The molecule has 0 bridgehead atoms. The van der Waals surface area contributed by atoms with E-state index in [2.05, 4.69) is 49.8 Å². The van der Waals surface area contributed by atoms with Crippen LogP contribution in [0.2, 0.25) is 0 Å². The number of benzene rings is 2. The van der Waals surface area contributed by atoms with Crippen LogP contribution in [-0.4, -0.2) is 74.8 Å². The third kappa shape index (κ3) is 6.65. The molecule has 1 aliphatic carbocycles. The van der Waals surface area contributed by atoms with Crippen LogP contribution in [0.3, 0.4) is 0 Å². The fraction of sp³-hybridized carbons (Fsp3) is 0.324. The number of rotatable bonds is 7. The second kappa shape index (κ2) is 13.8. The number of aromatic nitrogens is 3. The van der Waals surface area contributed by atoms with Crippen LogP contribution in [0.4, 0.5) is 8.87 Å². The van der Waals surface area contributed by atoms with E-state index in [0.717, 1.165) is 56.1 Å². The van der Waals surface area contributed by atoms with Gasteiger partial charge in [0.15, 0.2) is 18.0 Å². The number of nitrogens with one attached hydrogen (secondary N) is 3. The molecular weight excluding hydrogens is 656 g/mol. The molecule has 12 nitrogen and oxygen atoms in total. The number of quaternary nitrogens is 1. The average molecular weight is 695 g/mol. The summed E-state index contributed by atoms with van der Waals surface area (Å²) < 4.78 is 30.8. The van der Waals surface area contributed by atoms with Gasteiger partial charge in [0.05, 0.1) is 17.3 Å². The van der Waals surface area contributed by atoms with Gasteiger partial charge in [-0.05, 0) is 60.6 Å². The first-order valence-corrected chi connectivity index (χ1v) is 17.3. The fourth-order valence-electron chi connectivity index (χ4n) is 7.46. The lowest BCUT2D eigenvalue weighted by molar-refractivity contribution is -0.763. The highest BCUT2D eigenvalue weighted by Gasteiger charge is 2.32. The van der Waals surface area contributed by atoms with Crippen molar-refractivity contribution in [2.24, 2.45) is 4.99 Å². The number of nitrogens with zero attached hydrogens (tertiary/aromatic N) is 6. The standard InChI is InChI=1S/C37H37F2N9O3/c38-27-19-31-34(41-20-27)47(30-3-1-2-26(18-30)25-6-4-24(5-7-25)21-44-16-13-40-14-17-44)37(51)48(36(31)50)29-10-8-28(9-11-29)42-35(49)32-22-45-23-46(39)15-12-33(45)43-32/h1-7,12,15,18-20,22,28-29,40H,8-11,13-14,16-17,21,23H2,(H,42,49)/p+1. The summed E-state index contributed by atoms with van der Waals surface area (Å²) in [4.78, 5) is 52.8. The molecule has 5 heterocycles. The SMILES string of the molecule is O=C(NC1CCC(n2c(=O)c3cc(F)cnc3n(-c3cccc(-c4ccc(CN5CCNCC5)cc4)c3)c2=O)CC1)C1=C[NH+]2CN(F)C=CC2=N1. The largest absolute Gasteiger partial charge is 0.348 e. The van der Waals surface area contributed by atoms with E-state index in [1.54, 1.807) is 12.3 Å². The van der Waals surface area contributed by atoms with Crippen LogP contribution >= 0.6 is 0 Å². The molecule has 1 unspecified atom stereocenters. The second-order valence-corrected chi connectivity index (χ2v) is 13.5. The molecule has 2 fully saturated rings. The Morgan fingerprint density at radius 1 is 1.00 bits per heavy atom. The van der Waals surface area contributed by atoms with Gasteiger partial charge in [-0.25, -0.2) is 23.6 Å². The maximum Gasteiger partial charge on any atom is 0.337 e. The summed E-state index contributed by atoms with van der Waals surface area (Å²) in [5.41, 5.74) is 2.75. The number of halogens is 2. The van der Waals surface area contributed by atoms with E-state index in [1.165, 1.54) is 27.0 Å². The number of piperazine rings is 1. The Bertz CT molecular complexity index is 2200. The molecule has 4 aromatic rings. The van der Waals surface area contributed by atoms with Crippen molar-refractivity contribution in [3.63, 3.8) is 0 Å². The van der Waals surface area contributed by atoms with Gasteiger partial charge in [-0.2, -0.15) is 10.1 Å². The summed E-state index contributed by atoms with van der Waals surface area (Å²) in [6.45, 7) is 4.92. The Balaban J connectivity index is 1.04. The average Bonchev–Trinajstić information content (AvgIpc) is 3.57. The number of amidine groups is 1. The molecule has 8 rings (SSSR count). The Labute approximate surface area is 291 Å². The van der Waals surface area contributed by atoms with E-state index in [1.807, 2.05) is 18.2 Å². The van der Waals surface area contributed by atoms with Crippen LogP contribution in [-0.2, 0) is 11.3 Å². The zero-order valence-corrected chi connectivity index (χ0v) is 27.9. The number of amides is 1. The van der Waals surface area contributed by atoms with Crippen molar-refractivity contribution in [2.75, 3.05) is 32.8 Å². The first kappa shape index (κ1) is 32.9. The van der Waals surface area contributed by atoms with Crippen molar-refractivity contribution < 1.29 is 18.6 Å². The molecule has 14 heteroatoms. The van der Waals surface area contributed by atoms with E-state index < -0.39 is 23.1 Å². The molecule has 0 spiro atoms. The highest BCUT2D eigenvalue weighted by atomic mass is 19.2. The van der Waals surface area contributed by atoms with Crippen LogP contribution in [0, 0.1) is 5.82 Å². The molecule has 1 amide bonds. The van der Waals surface area contributed by atoms with Gasteiger partial charge in [0.1, 0.15) is 12.0 Å². The molecule has 1 saturated heterocycles. The second-order valence-electron chi connectivity index (χ2n) is 13.5. The minimum absolute atomic E-state index is 0.0137. The predicted molar refractivity (Wildman–Crippen MR) is 188 cm³/mol. The van der Waals surface area contributed by atoms with Crippen molar-refractivity contribution in [1.29, 1.82) is 0 Å². The van der Waals surface area contributed by atoms with Crippen molar-refractivity contribution in [3.8, 4) is 16.8 Å². The van der Waals surface area contributed by atoms with E-state index in [0.29, 0.717) is 47.2 Å². The van der Waals surface area contributed by atoms with Gasteiger partial charge in [-0.3, -0.25) is 19.1 Å². The fourth-order valence-corrected chi connectivity index (χ4v) is 7.46. The lowest BCUT2D eigenvalue weighted by Crippen LogP contribution is -3.11. The van der Waals surface area contributed by atoms with E-state index >= 15 is 0 Å². The molecule has 2 aromatic carbocycles. The molecular formula is C37H38F2N9O3+. The molecule has 2 aromatic heterocycles. The molecule has 3 N–H and O–H groups in total. The summed E-state index contributed by atoms with van der Waals surface area (Å²) in [6.07, 6.45) is 7.32. The number of fused-ring (bicyclic) bond motifs is 2. The van der Waals surface area contributed by atoms with Crippen molar-refractivity contribution in [2.45, 2.75) is 44.3 Å². The van der Waals surface area contributed by atoms with Crippen LogP contribution in [0.1, 0.15) is 37.3 Å². The smallest absolute Gasteiger partial charge is 0.337 e. The van der Waals surface area contributed by atoms with Crippen LogP contribution in [0.25, 0.3) is 27.8 Å². The van der Waals surface area contributed by atoms with Gasteiger partial charge < -0.3 is 10.6 Å². The Morgan fingerprint density at radius 3 is 2.57 bits per heavy atom. The summed E-state index contributed by atoms with van der Waals surface area (Å²) in [5.74, 6) is -0.456. The van der Waals surface area contributed by atoms with Gasteiger partial charge in [-0.1, -0.05) is 40.9 Å². The van der Waals surface area contributed by atoms with E-state index in [-0.39, 0.29) is 35.3 Å². The number of carbonyl (C=O) groups excluding carboxylic acids is 1. The van der Waals surface area contributed by atoms with Crippen LogP contribution in [0.5, 0.6) is 0 Å². The zero-order chi connectivity index (χ0) is 35.1. The number of carbonyl (C=O) groups is 1. The Morgan fingerprint density at radius 2 is 1.78 bits per heavy atom. The molecule has 3 aliphatic heterocycles. The Hall–Kier alpha value is -5.31. The maximum atomic E-state index is 14.5. The predicted octanol–water partition coefficient (Wildman–Crippen LogP) is 2.17. The third-order valence-electron chi connectivity index (χ3n) is 10.1. The van der Waals surface area contributed by atoms with Crippen molar-refractivity contribution in [3.05, 3.63) is 117 Å². The number of hydrogen-bond acceptors (Lipinski definition) is 8. The summed E-state index contributed by atoms with van der Waals surface area (Å²) >= 11 is 0. The molecule has 0 radical (unpaired) electrons. The minimum atomic E-state index is -0.671. The number of hydrogen-bond donors (Lipinski definition) is 3. The van der Waals surface area contributed by atoms with Gasteiger partial charge in [0.2, 0.25) is 5.84 Å². The monoisotopic (exact) mass is 694 g/mol. The highest BCUT2D eigenvalue weighted by Crippen LogP contribution is 2.29. The molecule has 4 aliphatic rings. The lowest BCUT2D eigenvalue weighted by Gasteiger charge is -2.30. The third-order valence-corrected chi connectivity index (χ3v) is 10.1. The first-order valence-electron chi connectivity index (χ1n) is 17.3. The normalized spacial score (nSPS) is 22.1. The quantitative estimate of drug-likeness (QED) is 0.254. The topological polar surface area (TPSA) is 121 Å². The van der Waals surface area contributed by atoms with E-state index in [9.17, 15) is 23.3 Å². The number of aliphatic imine (C=N–C) groups is 1. The van der Waals surface area contributed by atoms with Crippen molar-refractivity contribution >= 4 is 22.8 Å².